The van der Waals surface area contributed by atoms with Crippen LogP contribution in [0.1, 0.15) is 65.2 Å². The van der Waals surface area contributed by atoms with Crippen LogP contribution >= 0.6 is 0 Å². The predicted octanol–water partition coefficient (Wildman–Crippen LogP) is 5.45. The Bertz CT molecular complexity index is 774. The van der Waals surface area contributed by atoms with Crippen LogP contribution in [0.15, 0.2) is 48.3 Å². The summed E-state index contributed by atoms with van der Waals surface area (Å²) in [4.78, 5) is 22.5. The fourth-order valence-corrected chi connectivity index (χ4v) is 3.66. The lowest BCUT2D eigenvalue weighted by Crippen LogP contribution is -2.29. The number of nitrogens with one attached hydrogen (secondary N) is 1. The van der Waals surface area contributed by atoms with Crippen LogP contribution in [0.5, 0.6) is 0 Å². The second kappa shape index (κ2) is 15.4. The van der Waals surface area contributed by atoms with E-state index in [-0.39, 0.29) is 5.97 Å². The first-order valence-corrected chi connectivity index (χ1v) is 12.1. The number of ether oxygens (including phenoxy) is 1. The van der Waals surface area contributed by atoms with Crippen molar-refractivity contribution in [3.63, 3.8) is 0 Å². The summed E-state index contributed by atoms with van der Waals surface area (Å²) < 4.78 is 4.95. The van der Waals surface area contributed by atoms with Crippen molar-refractivity contribution in [3.05, 3.63) is 53.9 Å². The quantitative estimate of drug-likeness (QED) is 0.415. The second-order valence-corrected chi connectivity index (χ2v) is 8.55. The molecule has 1 saturated heterocycles. The van der Waals surface area contributed by atoms with Gasteiger partial charge in [-0.2, -0.15) is 0 Å². The average Bonchev–Trinajstić information content (AvgIpc) is 3.27. The van der Waals surface area contributed by atoms with Crippen molar-refractivity contribution < 1.29 is 9.53 Å². The van der Waals surface area contributed by atoms with Gasteiger partial charge in [-0.25, -0.2) is 14.8 Å². The summed E-state index contributed by atoms with van der Waals surface area (Å²) >= 11 is 0. The molecular weight excluding hydrogens is 412 g/mol. The highest BCUT2D eigenvalue weighted by atomic mass is 16.5. The molecule has 2 atom stereocenters. The minimum Gasteiger partial charge on any atom is -0.462 e. The summed E-state index contributed by atoms with van der Waals surface area (Å²) in [6.07, 6.45) is 10.3. The molecule has 6 heteroatoms. The molecule has 2 aliphatic rings. The maximum Gasteiger partial charge on any atom is 0.341 e. The number of hydrogen-bond donors (Lipinski definition) is 1. The molecular formula is C27H44N4O2. The van der Waals surface area contributed by atoms with E-state index in [1.165, 1.54) is 17.6 Å². The van der Waals surface area contributed by atoms with Crippen LogP contribution in [0.25, 0.3) is 0 Å². The lowest BCUT2D eigenvalue weighted by atomic mass is 10.2. The molecule has 3 rings (SSSR count). The van der Waals surface area contributed by atoms with E-state index >= 15 is 0 Å². The van der Waals surface area contributed by atoms with Gasteiger partial charge in [-0.3, -0.25) is 0 Å². The van der Waals surface area contributed by atoms with Crippen LogP contribution in [-0.2, 0) is 4.74 Å². The highest BCUT2D eigenvalue weighted by molar-refractivity contribution is 5.88. The van der Waals surface area contributed by atoms with Gasteiger partial charge < -0.3 is 15.0 Å². The van der Waals surface area contributed by atoms with Crippen molar-refractivity contribution >= 4 is 11.9 Å². The second-order valence-electron chi connectivity index (χ2n) is 8.55. The van der Waals surface area contributed by atoms with E-state index in [1.807, 2.05) is 6.92 Å². The van der Waals surface area contributed by atoms with E-state index in [9.17, 15) is 4.79 Å². The highest BCUT2D eigenvalue weighted by Gasteiger charge is 2.55. The zero-order valence-corrected chi connectivity index (χ0v) is 21.7. The monoisotopic (exact) mass is 456 g/mol. The highest BCUT2D eigenvalue weighted by Crippen LogP contribution is 2.51. The molecule has 1 saturated carbocycles. The van der Waals surface area contributed by atoms with Gasteiger partial charge in [-0.1, -0.05) is 36.3 Å². The third-order valence-electron chi connectivity index (χ3n) is 6.13. The Balaban J connectivity index is 0.000000518. The van der Waals surface area contributed by atoms with Crippen molar-refractivity contribution in [1.82, 2.24) is 15.3 Å². The number of anilines is 1. The molecule has 6 nitrogen and oxygen atoms in total. The number of esters is 1. The summed E-state index contributed by atoms with van der Waals surface area (Å²) in [5.74, 6) is 2.63. The first kappa shape index (κ1) is 28.6. The number of nitrogens with zero attached hydrogens (tertiary/aromatic N) is 3. The van der Waals surface area contributed by atoms with Gasteiger partial charge in [-0.05, 0) is 72.3 Å². The number of carbonyl (C=O) groups is 1. The Morgan fingerprint density at radius 2 is 1.67 bits per heavy atom. The van der Waals surface area contributed by atoms with Crippen LogP contribution in [0.4, 0.5) is 5.95 Å². The lowest BCUT2D eigenvalue weighted by molar-refractivity contribution is 0.0525. The first-order valence-electron chi connectivity index (χ1n) is 12.1. The average molecular weight is 457 g/mol. The smallest absolute Gasteiger partial charge is 0.341 e. The van der Waals surface area contributed by atoms with Gasteiger partial charge in [0.1, 0.15) is 0 Å². The zero-order chi connectivity index (χ0) is 24.8. The van der Waals surface area contributed by atoms with Crippen LogP contribution in [0, 0.1) is 17.8 Å². The molecule has 0 aromatic carbocycles. The van der Waals surface area contributed by atoms with Crippen LogP contribution in [0.2, 0.25) is 0 Å². The molecule has 1 aromatic rings. The van der Waals surface area contributed by atoms with Gasteiger partial charge in [0.2, 0.25) is 5.95 Å². The molecule has 0 bridgehead atoms. The summed E-state index contributed by atoms with van der Waals surface area (Å²) in [6.45, 7) is 22.1. The Kier molecular flexibility index (Phi) is 13.3. The predicted molar refractivity (Wildman–Crippen MR) is 139 cm³/mol. The maximum atomic E-state index is 11.6. The molecule has 0 amide bonds. The number of rotatable bonds is 8. The Labute approximate surface area is 201 Å². The minimum absolute atomic E-state index is 0.360. The van der Waals surface area contributed by atoms with E-state index in [1.54, 1.807) is 25.4 Å². The molecule has 2 heterocycles. The number of allylic oxidation sites excluding steroid dienone is 4. The minimum atomic E-state index is -0.365. The maximum absolute atomic E-state index is 11.6. The van der Waals surface area contributed by atoms with Crippen molar-refractivity contribution in [2.75, 3.05) is 37.7 Å². The molecule has 184 valence electrons. The van der Waals surface area contributed by atoms with E-state index < -0.39 is 0 Å². The van der Waals surface area contributed by atoms with Gasteiger partial charge in [0.05, 0.1) is 12.2 Å². The van der Waals surface area contributed by atoms with Crippen LogP contribution in [0.3, 0.4) is 0 Å². The standard InChI is InChI=1S/C18H26N4O2.C6H12.C3H6/c1-4-12(3)6-19-9-14-15-10-22(11-16(14)15)18-20-7-13(8-21-18)17(23)24-5-2;1-4-6(3)5-2;1-3-2/h4,7-8,14-16,19H,5-6,9-11H2,1-3H3;4H,5H2,1-3H3;3H,1H2,2H3/b12-4+;6-4-;. The van der Waals surface area contributed by atoms with Gasteiger partial charge in [0.15, 0.2) is 0 Å². The molecule has 1 aromatic heterocycles. The Morgan fingerprint density at radius 1 is 1.12 bits per heavy atom. The number of aromatic nitrogens is 2. The zero-order valence-electron chi connectivity index (χ0n) is 21.7. The topological polar surface area (TPSA) is 67.4 Å². The summed E-state index contributed by atoms with van der Waals surface area (Å²) in [5.41, 5.74) is 3.26. The molecule has 2 fully saturated rings. The van der Waals surface area contributed by atoms with E-state index in [0.717, 1.165) is 43.9 Å². The third kappa shape index (κ3) is 9.50. The lowest BCUT2D eigenvalue weighted by Gasteiger charge is -2.19. The molecule has 0 radical (unpaired) electrons. The van der Waals surface area contributed by atoms with Gasteiger partial charge in [0, 0.05) is 32.0 Å². The molecule has 1 aliphatic heterocycles. The SMILES string of the molecule is C/C=C(/C)CC.C/C=C(\C)CNCC1C2CN(c3ncc(C(=O)OCC)cn3)CC12.C=CC. The molecule has 1 aliphatic carbocycles. The molecule has 0 spiro atoms. The number of hydrogen-bond acceptors (Lipinski definition) is 6. The van der Waals surface area contributed by atoms with Crippen LogP contribution < -0.4 is 10.2 Å². The van der Waals surface area contributed by atoms with Gasteiger partial charge in [-0.15, -0.1) is 6.58 Å². The van der Waals surface area contributed by atoms with Crippen molar-refractivity contribution in [3.8, 4) is 0 Å². The Hall–Kier alpha value is -2.47. The summed E-state index contributed by atoms with van der Waals surface area (Å²) in [5, 5.41) is 3.54. The first-order chi connectivity index (χ1) is 15.9. The fraction of sp³-hybridized carbons (Fsp3) is 0.593. The van der Waals surface area contributed by atoms with Crippen molar-refractivity contribution in [2.24, 2.45) is 17.8 Å². The van der Waals surface area contributed by atoms with Crippen LogP contribution in [-0.4, -0.2) is 48.7 Å². The van der Waals surface area contributed by atoms with E-state index in [2.05, 4.69) is 73.5 Å². The normalized spacial score (nSPS) is 21.2. The van der Waals surface area contributed by atoms with Gasteiger partial charge >= 0.3 is 5.97 Å². The van der Waals surface area contributed by atoms with Crippen molar-refractivity contribution in [2.45, 2.75) is 54.9 Å². The number of fused-ring (bicyclic) bond motifs is 1. The Morgan fingerprint density at radius 3 is 2.09 bits per heavy atom. The summed E-state index contributed by atoms with van der Waals surface area (Å²) in [6, 6.07) is 0. The number of carbonyl (C=O) groups excluding carboxylic acids is 1. The molecule has 2 unspecified atom stereocenters. The summed E-state index contributed by atoms with van der Waals surface area (Å²) in [7, 11) is 0. The van der Waals surface area contributed by atoms with E-state index in [4.69, 9.17) is 4.74 Å². The van der Waals surface area contributed by atoms with Crippen molar-refractivity contribution in [1.29, 1.82) is 0 Å². The largest absolute Gasteiger partial charge is 0.462 e. The van der Waals surface area contributed by atoms with Gasteiger partial charge in [0.25, 0.3) is 0 Å². The molecule has 33 heavy (non-hydrogen) atoms. The van der Waals surface area contributed by atoms with E-state index in [0.29, 0.717) is 18.1 Å². The fourth-order valence-electron chi connectivity index (χ4n) is 3.66. The third-order valence-corrected chi connectivity index (χ3v) is 6.13. The number of piperidine rings is 1. The molecule has 1 N–H and O–H groups in total.